The highest BCUT2D eigenvalue weighted by Gasteiger charge is 2.07. The van der Waals surface area contributed by atoms with Gasteiger partial charge in [-0.25, -0.2) is 17.2 Å². The molecule has 5 heteroatoms. The van der Waals surface area contributed by atoms with E-state index in [1.807, 2.05) is 0 Å². The first-order chi connectivity index (χ1) is 3.62. The van der Waals surface area contributed by atoms with Crippen molar-refractivity contribution in [3.8, 4) is 0 Å². The fraction of sp³-hybridized carbons (Fsp3) is 1.00. The molecule has 0 atom stereocenters. The third-order valence-corrected chi connectivity index (χ3v) is 1.66. The highest BCUT2D eigenvalue weighted by atomic mass is 32.2. The van der Waals surface area contributed by atoms with Gasteiger partial charge in [-0.15, -0.1) is 0 Å². The molecule has 0 saturated carbocycles. The van der Waals surface area contributed by atoms with E-state index in [9.17, 15) is 17.2 Å². The predicted molar refractivity (Wildman–Crippen MR) is 25.7 cm³/mol. The molecule has 0 saturated heterocycles. The van der Waals surface area contributed by atoms with Crippen LogP contribution in [0.4, 0.5) is 8.78 Å². The lowest BCUT2D eigenvalue weighted by molar-refractivity contribution is 0.500. The summed E-state index contributed by atoms with van der Waals surface area (Å²) in [6.45, 7) is -1.01. The minimum atomic E-state index is -3.71. The summed E-state index contributed by atoms with van der Waals surface area (Å²) in [6, 6.07) is -1.46. The van der Waals surface area contributed by atoms with Gasteiger partial charge in [-0.3, -0.25) is 0 Å². The number of rotatable bonds is 3. The van der Waals surface area contributed by atoms with Crippen molar-refractivity contribution in [1.82, 2.24) is 0 Å². The molecule has 0 aliphatic carbocycles. The van der Waals surface area contributed by atoms with Gasteiger partial charge in [0.1, 0.15) is 6.67 Å². The fourth-order valence-electron chi connectivity index (χ4n) is 0.172. The first-order valence-electron chi connectivity index (χ1n) is 1.95. The highest BCUT2D eigenvalue weighted by Crippen LogP contribution is 1.89. The summed E-state index contributed by atoms with van der Waals surface area (Å²) in [5, 5.41) is 0. The topological polar surface area (TPSA) is 34.1 Å². The molecule has 50 valence electrons. The van der Waals surface area contributed by atoms with Gasteiger partial charge in [0, 0.05) is 0 Å². The van der Waals surface area contributed by atoms with E-state index in [2.05, 4.69) is 0 Å². The van der Waals surface area contributed by atoms with Crippen molar-refractivity contribution in [1.29, 1.82) is 0 Å². The molecule has 0 radical (unpaired) electrons. The van der Waals surface area contributed by atoms with Crippen LogP contribution in [0.5, 0.6) is 0 Å². The van der Waals surface area contributed by atoms with Gasteiger partial charge in [-0.2, -0.15) is 0 Å². The first-order valence-corrected chi connectivity index (χ1v) is 3.77. The van der Waals surface area contributed by atoms with Gasteiger partial charge >= 0.3 is 0 Å². The van der Waals surface area contributed by atoms with Crippen LogP contribution in [0.25, 0.3) is 0 Å². The molecular formula is C3H6F2O2S. The van der Waals surface area contributed by atoms with E-state index < -0.39 is 28.3 Å². The molecule has 0 heterocycles. The zero-order valence-electron chi connectivity index (χ0n) is 4.10. The molecule has 0 aliphatic rings. The summed E-state index contributed by atoms with van der Waals surface area (Å²) in [6.07, 6.45) is 0. The van der Waals surface area contributed by atoms with Gasteiger partial charge in [0.2, 0.25) is 0 Å². The van der Waals surface area contributed by atoms with E-state index in [1.165, 1.54) is 0 Å². The Balaban J connectivity index is 3.76. The van der Waals surface area contributed by atoms with Gasteiger partial charge < -0.3 is 0 Å². The predicted octanol–water partition coefficient (Wildman–Crippen LogP) is 0.298. The normalized spacial score (nSPS) is 11.8. The SMILES string of the molecule is O=S(=O)(CF)CCF. The number of sulfone groups is 1. The largest absolute Gasteiger partial charge is 0.250 e. The monoisotopic (exact) mass is 144 g/mol. The first kappa shape index (κ1) is 7.81. The summed E-state index contributed by atoms with van der Waals surface area (Å²) in [7, 11) is -3.71. The molecule has 0 aromatic carbocycles. The summed E-state index contributed by atoms with van der Waals surface area (Å²) in [4.78, 5) is 0. The van der Waals surface area contributed by atoms with E-state index in [1.54, 1.807) is 0 Å². The molecule has 0 fully saturated rings. The molecule has 0 aromatic heterocycles. The van der Waals surface area contributed by atoms with Crippen molar-refractivity contribution in [3.05, 3.63) is 0 Å². The van der Waals surface area contributed by atoms with Gasteiger partial charge in [0.05, 0.1) is 5.75 Å². The third kappa shape index (κ3) is 2.90. The molecule has 0 amide bonds. The van der Waals surface area contributed by atoms with Crippen molar-refractivity contribution in [3.63, 3.8) is 0 Å². The lowest BCUT2D eigenvalue weighted by atomic mass is 10.9. The van der Waals surface area contributed by atoms with Crippen LogP contribution in [0.3, 0.4) is 0 Å². The molecule has 0 bridgehead atoms. The van der Waals surface area contributed by atoms with Crippen LogP contribution in [-0.4, -0.2) is 26.9 Å². The summed E-state index contributed by atoms with van der Waals surface area (Å²) in [5.74, 6) is -0.705. The summed E-state index contributed by atoms with van der Waals surface area (Å²) < 4.78 is 42.3. The number of hydrogen-bond donors (Lipinski definition) is 0. The standard InChI is InChI=1S/C3H6F2O2S/c4-1-2-8(6,7)3-5/h1-3H2. The highest BCUT2D eigenvalue weighted by molar-refractivity contribution is 7.91. The zero-order chi connectivity index (χ0) is 6.62. The van der Waals surface area contributed by atoms with Gasteiger partial charge in [0.25, 0.3) is 0 Å². The Morgan fingerprint density at radius 2 is 1.75 bits per heavy atom. The molecule has 0 rings (SSSR count). The molecule has 0 aromatic rings. The maximum absolute atomic E-state index is 11.2. The van der Waals surface area contributed by atoms with Crippen LogP contribution < -0.4 is 0 Å². The second-order valence-corrected chi connectivity index (χ2v) is 3.36. The molecule has 0 spiro atoms. The third-order valence-electron chi connectivity index (χ3n) is 0.554. The lowest BCUT2D eigenvalue weighted by Gasteiger charge is -1.89. The molecule has 0 unspecified atom stereocenters. The van der Waals surface area contributed by atoms with Crippen molar-refractivity contribution >= 4 is 9.84 Å². The zero-order valence-corrected chi connectivity index (χ0v) is 4.92. The Morgan fingerprint density at radius 3 is 1.88 bits per heavy atom. The van der Waals surface area contributed by atoms with Crippen LogP contribution in [0.1, 0.15) is 0 Å². The Labute approximate surface area is 46.4 Å². The fourth-order valence-corrected chi connectivity index (χ4v) is 0.516. The van der Waals surface area contributed by atoms with Crippen LogP contribution in [-0.2, 0) is 9.84 Å². The maximum atomic E-state index is 11.2. The molecule has 2 nitrogen and oxygen atoms in total. The number of hydrogen-bond acceptors (Lipinski definition) is 2. The van der Waals surface area contributed by atoms with Crippen LogP contribution in [0.15, 0.2) is 0 Å². The summed E-state index contributed by atoms with van der Waals surface area (Å²) in [5.41, 5.74) is 0. The molecule has 0 aliphatic heterocycles. The Kier molecular flexibility index (Phi) is 2.89. The second-order valence-electron chi connectivity index (χ2n) is 1.25. The van der Waals surface area contributed by atoms with E-state index in [-0.39, 0.29) is 0 Å². The average Bonchev–Trinajstić information content (AvgIpc) is 1.67. The van der Waals surface area contributed by atoms with Crippen LogP contribution in [0, 0.1) is 0 Å². The van der Waals surface area contributed by atoms with E-state index in [0.29, 0.717) is 0 Å². The quantitative estimate of drug-likeness (QED) is 0.570. The summed E-state index contributed by atoms with van der Waals surface area (Å²) >= 11 is 0. The van der Waals surface area contributed by atoms with Crippen molar-refractivity contribution in [2.24, 2.45) is 0 Å². The van der Waals surface area contributed by atoms with Crippen LogP contribution in [0.2, 0.25) is 0 Å². The Morgan fingerprint density at radius 1 is 1.25 bits per heavy atom. The van der Waals surface area contributed by atoms with Crippen LogP contribution >= 0.6 is 0 Å². The smallest absolute Gasteiger partial charge is 0.190 e. The van der Waals surface area contributed by atoms with E-state index >= 15 is 0 Å². The molecular weight excluding hydrogens is 138 g/mol. The minimum Gasteiger partial charge on any atom is -0.250 e. The Bertz CT molecular complexity index is 139. The number of halogens is 2. The molecule has 0 N–H and O–H groups in total. The van der Waals surface area contributed by atoms with Gasteiger partial charge in [0.15, 0.2) is 15.8 Å². The average molecular weight is 144 g/mol. The van der Waals surface area contributed by atoms with Crippen molar-refractivity contribution in [2.75, 3.05) is 18.4 Å². The van der Waals surface area contributed by atoms with Crippen molar-refractivity contribution < 1.29 is 17.2 Å². The lowest BCUT2D eigenvalue weighted by Crippen LogP contribution is -2.08. The van der Waals surface area contributed by atoms with Gasteiger partial charge in [-0.05, 0) is 0 Å². The Hall–Kier alpha value is -0.190. The maximum Gasteiger partial charge on any atom is 0.190 e. The second kappa shape index (κ2) is 2.96. The number of alkyl halides is 2. The molecule has 8 heavy (non-hydrogen) atoms. The van der Waals surface area contributed by atoms with E-state index in [4.69, 9.17) is 0 Å². The van der Waals surface area contributed by atoms with Gasteiger partial charge in [-0.1, -0.05) is 0 Å². The van der Waals surface area contributed by atoms with E-state index in [0.717, 1.165) is 0 Å². The minimum absolute atomic E-state index is 0.705. The van der Waals surface area contributed by atoms with Crippen molar-refractivity contribution in [2.45, 2.75) is 0 Å².